The Balaban J connectivity index is 2.02. The lowest BCUT2D eigenvalue weighted by molar-refractivity contribution is 0.0696. The molecule has 0 spiro atoms. The van der Waals surface area contributed by atoms with Gasteiger partial charge < -0.3 is 10.4 Å². The molecule has 0 aromatic carbocycles. The fourth-order valence-electron chi connectivity index (χ4n) is 1.53. The number of nitrogens with zero attached hydrogens (tertiary/aromatic N) is 3. The van der Waals surface area contributed by atoms with Crippen LogP contribution in [0.25, 0.3) is 0 Å². The molecule has 0 aliphatic heterocycles. The summed E-state index contributed by atoms with van der Waals surface area (Å²) >= 11 is 0. The van der Waals surface area contributed by atoms with Gasteiger partial charge in [0.1, 0.15) is 5.82 Å². The summed E-state index contributed by atoms with van der Waals surface area (Å²) in [5.41, 5.74) is 2.35. The zero-order chi connectivity index (χ0) is 13.1. The lowest BCUT2D eigenvalue weighted by atomic mass is 10.2. The number of hydrogen-bond donors (Lipinski definition) is 2. The largest absolute Gasteiger partial charge is 0.478 e. The van der Waals surface area contributed by atoms with Crippen LogP contribution in [0.5, 0.6) is 0 Å². The number of rotatable bonds is 4. The van der Waals surface area contributed by atoms with Crippen molar-refractivity contribution >= 4 is 11.8 Å². The van der Waals surface area contributed by atoms with Crippen LogP contribution in [0.1, 0.15) is 21.6 Å². The van der Waals surface area contributed by atoms with Crippen molar-refractivity contribution in [2.45, 2.75) is 13.5 Å². The first kappa shape index (κ1) is 12.1. The van der Waals surface area contributed by atoms with E-state index in [2.05, 4.69) is 15.4 Å². The van der Waals surface area contributed by atoms with Crippen LogP contribution in [0.15, 0.2) is 24.5 Å². The van der Waals surface area contributed by atoms with Gasteiger partial charge in [-0.1, -0.05) is 0 Å². The molecule has 2 rings (SSSR count). The summed E-state index contributed by atoms with van der Waals surface area (Å²) in [6.45, 7) is 2.60. The van der Waals surface area contributed by atoms with Gasteiger partial charge in [0.05, 0.1) is 11.8 Å². The Morgan fingerprint density at radius 2 is 2.22 bits per heavy atom. The lowest BCUT2D eigenvalue weighted by Gasteiger charge is -2.05. The van der Waals surface area contributed by atoms with E-state index >= 15 is 0 Å². The molecule has 94 valence electrons. The molecular formula is C12H14N4O2. The highest BCUT2D eigenvalue weighted by atomic mass is 16.4. The third-order valence-electron chi connectivity index (χ3n) is 2.81. The van der Waals surface area contributed by atoms with Crippen LogP contribution >= 0.6 is 0 Å². The van der Waals surface area contributed by atoms with Crippen LogP contribution < -0.4 is 5.32 Å². The molecule has 0 aliphatic carbocycles. The average Bonchev–Trinajstić information content (AvgIpc) is 2.68. The van der Waals surface area contributed by atoms with Crippen LogP contribution in [-0.4, -0.2) is 25.8 Å². The Kier molecular flexibility index (Phi) is 3.27. The molecule has 6 heteroatoms. The lowest BCUT2D eigenvalue weighted by Crippen LogP contribution is -2.04. The number of hydrogen-bond acceptors (Lipinski definition) is 4. The van der Waals surface area contributed by atoms with Crippen molar-refractivity contribution in [2.75, 3.05) is 5.32 Å². The number of aromatic carboxylic acids is 1. The van der Waals surface area contributed by atoms with Crippen molar-refractivity contribution in [1.29, 1.82) is 0 Å². The Morgan fingerprint density at radius 1 is 1.44 bits per heavy atom. The second-order valence-corrected chi connectivity index (χ2v) is 3.97. The zero-order valence-electron chi connectivity index (χ0n) is 10.2. The summed E-state index contributed by atoms with van der Waals surface area (Å²) in [5.74, 6) is -0.333. The summed E-state index contributed by atoms with van der Waals surface area (Å²) in [5, 5.41) is 16.0. The van der Waals surface area contributed by atoms with Gasteiger partial charge in [-0.05, 0) is 19.1 Å². The van der Waals surface area contributed by atoms with E-state index in [9.17, 15) is 4.79 Å². The summed E-state index contributed by atoms with van der Waals surface area (Å²) in [6, 6.07) is 3.17. The smallest absolute Gasteiger partial charge is 0.337 e. The van der Waals surface area contributed by atoms with Crippen LogP contribution in [-0.2, 0) is 13.6 Å². The van der Waals surface area contributed by atoms with Crippen molar-refractivity contribution in [3.63, 3.8) is 0 Å². The fourth-order valence-corrected chi connectivity index (χ4v) is 1.53. The van der Waals surface area contributed by atoms with E-state index in [0.29, 0.717) is 12.4 Å². The zero-order valence-corrected chi connectivity index (χ0v) is 10.2. The maximum absolute atomic E-state index is 10.7. The highest BCUT2D eigenvalue weighted by Crippen LogP contribution is 2.10. The predicted octanol–water partition coefficient (Wildman–Crippen LogP) is 1.43. The number of aryl methyl sites for hydroxylation is 1. The van der Waals surface area contributed by atoms with E-state index in [1.54, 1.807) is 16.9 Å². The van der Waals surface area contributed by atoms with Gasteiger partial charge in [-0.2, -0.15) is 5.10 Å². The monoisotopic (exact) mass is 246 g/mol. The molecule has 2 heterocycles. The van der Waals surface area contributed by atoms with Gasteiger partial charge in [-0.15, -0.1) is 0 Å². The quantitative estimate of drug-likeness (QED) is 0.853. The minimum absolute atomic E-state index is 0.179. The second kappa shape index (κ2) is 4.87. The standard InChI is InChI=1S/C12H14N4O2/c1-8-10(7-15-16(8)2)6-14-11-4-3-9(5-13-11)12(17)18/h3-5,7H,6H2,1-2H3,(H,13,14)(H,17,18). The molecular weight excluding hydrogens is 232 g/mol. The molecule has 2 aromatic rings. The maximum Gasteiger partial charge on any atom is 0.337 e. The number of aromatic nitrogens is 3. The first-order valence-corrected chi connectivity index (χ1v) is 5.48. The Hall–Kier alpha value is -2.37. The SMILES string of the molecule is Cc1c(CNc2ccc(C(=O)O)cn2)cnn1C. The van der Waals surface area contributed by atoms with Crippen molar-refractivity contribution in [1.82, 2.24) is 14.8 Å². The molecule has 0 bridgehead atoms. The topological polar surface area (TPSA) is 80.0 Å². The Labute approximate surface area is 104 Å². The highest BCUT2D eigenvalue weighted by Gasteiger charge is 2.05. The van der Waals surface area contributed by atoms with E-state index in [1.165, 1.54) is 12.3 Å². The van der Waals surface area contributed by atoms with Crippen LogP contribution in [0.2, 0.25) is 0 Å². The summed E-state index contributed by atoms with van der Waals surface area (Å²) in [6.07, 6.45) is 3.13. The molecule has 0 atom stereocenters. The van der Waals surface area contributed by atoms with Gasteiger partial charge in [-0.25, -0.2) is 9.78 Å². The van der Waals surface area contributed by atoms with E-state index in [0.717, 1.165) is 11.3 Å². The Bertz CT molecular complexity index is 560. The van der Waals surface area contributed by atoms with Gasteiger partial charge in [0.25, 0.3) is 0 Å². The highest BCUT2D eigenvalue weighted by molar-refractivity contribution is 5.87. The number of carboxylic acid groups (broad SMARTS) is 1. The molecule has 0 aliphatic rings. The second-order valence-electron chi connectivity index (χ2n) is 3.97. The van der Waals surface area contributed by atoms with Crippen molar-refractivity contribution in [3.8, 4) is 0 Å². The maximum atomic E-state index is 10.7. The molecule has 18 heavy (non-hydrogen) atoms. The minimum atomic E-state index is -0.975. The normalized spacial score (nSPS) is 10.3. The molecule has 0 amide bonds. The third-order valence-corrected chi connectivity index (χ3v) is 2.81. The summed E-state index contributed by atoms with van der Waals surface area (Å²) < 4.78 is 1.80. The van der Waals surface area contributed by atoms with Crippen molar-refractivity contribution < 1.29 is 9.90 Å². The summed E-state index contributed by atoms with van der Waals surface area (Å²) in [4.78, 5) is 14.7. The number of anilines is 1. The first-order valence-electron chi connectivity index (χ1n) is 5.48. The third kappa shape index (κ3) is 2.48. The van der Waals surface area contributed by atoms with E-state index < -0.39 is 5.97 Å². The molecule has 0 saturated carbocycles. The van der Waals surface area contributed by atoms with Crippen molar-refractivity contribution in [2.24, 2.45) is 7.05 Å². The van der Waals surface area contributed by atoms with E-state index in [1.807, 2.05) is 14.0 Å². The molecule has 2 N–H and O–H groups in total. The van der Waals surface area contributed by atoms with Gasteiger partial charge >= 0.3 is 5.97 Å². The minimum Gasteiger partial charge on any atom is -0.478 e. The molecule has 0 radical (unpaired) electrons. The molecule has 0 fully saturated rings. The number of carboxylic acids is 1. The van der Waals surface area contributed by atoms with Gasteiger partial charge in [-0.3, -0.25) is 4.68 Å². The molecule has 0 saturated heterocycles. The Morgan fingerprint density at radius 3 is 2.72 bits per heavy atom. The summed E-state index contributed by atoms with van der Waals surface area (Å²) in [7, 11) is 1.89. The predicted molar refractivity (Wildman–Crippen MR) is 66.5 cm³/mol. The number of carbonyl (C=O) groups is 1. The van der Waals surface area contributed by atoms with Crippen LogP contribution in [0.3, 0.4) is 0 Å². The number of pyridine rings is 1. The van der Waals surface area contributed by atoms with Crippen molar-refractivity contribution in [3.05, 3.63) is 41.3 Å². The molecule has 6 nitrogen and oxygen atoms in total. The molecule has 0 unspecified atom stereocenters. The fraction of sp³-hybridized carbons (Fsp3) is 0.250. The first-order chi connectivity index (χ1) is 8.58. The van der Waals surface area contributed by atoms with Gasteiger partial charge in [0, 0.05) is 31.0 Å². The van der Waals surface area contributed by atoms with E-state index in [4.69, 9.17) is 5.11 Å². The van der Waals surface area contributed by atoms with E-state index in [-0.39, 0.29) is 5.56 Å². The van der Waals surface area contributed by atoms with Gasteiger partial charge in [0.15, 0.2) is 0 Å². The molecule has 2 aromatic heterocycles. The van der Waals surface area contributed by atoms with Gasteiger partial charge in [0.2, 0.25) is 0 Å². The average molecular weight is 246 g/mol. The van der Waals surface area contributed by atoms with Crippen LogP contribution in [0.4, 0.5) is 5.82 Å². The van der Waals surface area contributed by atoms with Crippen LogP contribution in [0, 0.1) is 6.92 Å². The number of nitrogens with one attached hydrogen (secondary N) is 1.